The van der Waals surface area contributed by atoms with E-state index >= 15 is 0 Å². The SMILES string of the molecule is C/C=C\C#CC#C/C=C/COC(=O)CC(C)C. The minimum atomic E-state index is -0.175. The van der Waals surface area contributed by atoms with Crippen molar-refractivity contribution in [2.45, 2.75) is 27.2 Å². The molecule has 0 aliphatic carbocycles. The molecule has 0 saturated heterocycles. The summed E-state index contributed by atoms with van der Waals surface area (Å²) in [5.41, 5.74) is 0. The number of carbonyl (C=O) groups is 1. The van der Waals surface area contributed by atoms with Gasteiger partial charge in [-0.1, -0.05) is 31.8 Å². The van der Waals surface area contributed by atoms with Gasteiger partial charge in [0.2, 0.25) is 0 Å². The molecule has 2 heteroatoms. The third-order valence-corrected chi connectivity index (χ3v) is 1.57. The number of allylic oxidation sites excluding steroid dienone is 3. The predicted octanol–water partition coefficient (Wildman–Crippen LogP) is 2.71. The van der Waals surface area contributed by atoms with E-state index in [9.17, 15) is 4.79 Å². The zero-order valence-corrected chi connectivity index (χ0v) is 10.6. The van der Waals surface area contributed by atoms with Crippen molar-refractivity contribution in [3.05, 3.63) is 24.3 Å². The maximum Gasteiger partial charge on any atom is 0.306 e. The van der Waals surface area contributed by atoms with Gasteiger partial charge in [0.05, 0.1) is 0 Å². The van der Waals surface area contributed by atoms with Crippen LogP contribution >= 0.6 is 0 Å². The van der Waals surface area contributed by atoms with Crippen LogP contribution in [0.1, 0.15) is 27.2 Å². The molecule has 0 saturated carbocycles. The van der Waals surface area contributed by atoms with E-state index in [1.165, 1.54) is 0 Å². The fraction of sp³-hybridized carbons (Fsp3) is 0.400. The van der Waals surface area contributed by atoms with Crippen LogP contribution in [0.4, 0.5) is 0 Å². The van der Waals surface area contributed by atoms with Crippen molar-refractivity contribution in [1.29, 1.82) is 0 Å². The van der Waals surface area contributed by atoms with Gasteiger partial charge in [-0.05, 0) is 42.9 Å². The van der Waals surface area contributed by atoms with E-state index in [0.29, 0.717) is 12.3 Å². The van der Waals surface area contributed by atoms with Crippen LogP contribution in [0.3, 0.4) is 0 Å². The average Bonchev–Trinajstić information content (AvgIpc) is 2.26. The minimum Gasteiger partial charge on any atom is -0.461 e. The number of rotatable bonds is 4. The second-order valence-electron chi connectivity index (χ2n) is 3.72. The van der Waals surface area contributed by atoms with Gasteiger partial charge in [-0.15, -0.1) is 0 Å². The van der Waals surface area contributed by atoms with Crippen molar-refractivity contribution in [3.8, 4) is 23.7 Å². The van der Waals surface area contributed by atoms with E-state index in [4.69, 9.17) is 4.74 Å². The van der Waals surface area contributed by atoms with Gasteiger partial charge in [-0.3, -0.25) is 4.79 Å². The smallest absolute Gasteiger partial charge is 0.306 e. The van der Waals surface area contributed by atoms with Crippen molar-refractivity contribution in [3.63, 3.8) is 0 Å². The highest BCUT2D eigenvalue weighted by Crippen LogP contribution is 2.00. The van der Waals surface area contributed by atoms with Crippen LogP contribution in [0.2, 0.25) is 0 Å². The number of hydrogen-bond acceptors (Lipinski definition) is 2. The van der Waals surface area contributed by atoms with Crippen LogP contribution < -0.4 is 0 Å². The summed E-state index contributed by atoms with van der Waals surface area (Å²) in [6.07, 6.45) is 7.36. The topological polar surface area (TPSA) is 26.3 Å². The zero-order chi connectivity index (χ0) is 12.9. The molecule has 0 fully saturated rings. The molecule has 0 rings (SSSR count). The normalized spacial score (nSPS) is 9.88. The molecule has 0 aliphatic heterocycles. The number of esters is 1. The summed E-state index contributed by atoms with van der Waals surface area (Å²) in [5, 5.41) is 0. The molecule has 0 heterocycles. The largest absolute Gasteiger partial charge is 0.461 e. The number of carbonyl (C=O) groups excluding carboxylic acids is 1. The highest BCUT2D eigenvalue weighted by molar-refractivity contribution is 5.69. The molecule has 0 spiro atoms. The quantitative estimate of drug-likeness (QED) is 0.548. The highest BCUT2D eigenvalue weighted by Gasteiger charge is 2.03. The number of ether oxygens (including phenoxy) is 1. The van der Waals surface area contributed by atoms with E-state index in [1.807, 2.05) is 26.8 Å². The van der Waals surface area contributed by atoms with Crippen molar-refractivity contribution in [2.75, 3.05) is 6.61 Å². The summed E-state index contributed by atoms with van der Waals surface area (Å²) in [5.74, 6) is 10.9. The molecule has 0 unspecified atom stereocenters. The first-order valence-electron chi connectivity index (χ1n) is 5.59. The van der Waals surface area contributed by atoms with Gasteiger partial charge in [0, 0.05) is 6.42 Å². The first-order valence-corrected chi connectivity index (χ1v) is 5.59. The Morgan fingerprint density at radius 1 is 1.24 bits per heavy atom. The summed E-state index contributed by atoms with van der Waals surface area (Å²) >= 11 is 0. The third kappa shape index (κ3) is 12.0. The first-order chi connectivity index (χ1) is 8.16. The summed E-state index contributed by atoms with van der Waals surface area (Å²) in [6.45, 7) is 6.12. The van der Waals surface area contributed by atoms with Crippen LogP contribution in [0.25, 0.3) is 0 Å². The Bertz CT molecular complexity index is 392. The Morgan fingerprint density at radius 2 is 1.88 bits per heavy atom. The molecule has 0 bridgehead atoms. The Morgan fingerprint density at radius 3 is 2.47 bits per heavy atom. The van der Waals surface area contributed by atoms with Crippen molar-refractivity contribution < 1.29 is 9.53 Å². The lowest BCUT2D eigenvalue weighted by atomic mass is 10.1. The van der Waals surface area contributed by atoms with Crippen molar-refractivity contribution in [1.82, 2.24) is 0 Å². The predicted molar refractivity (Wildman–Crippen MR) is 69.9 cm³/mol. The van der Waals surface area contributed by atoms with Gasteiger partial charge >= 0.3 is 5.97 Å². The summed E-state index contributed by atoms with van der Waals surface area (Å²) in [6, 6.07) is 0. The van der Waals surface area contributed by atoms with Gasteiger partial charge in [-0.25, -0.2) is 0 Å². The minimum absolute atomic E-state index is 0.175. The molecule has 0 N–H and O–H groups in total. The fourth-order valence-corrected chi connectivity index (χ4v) is 0.879. The van der Waals surface area contributed by atoms with E-state index in [-0.39, 0.29) is 12.6 Å². The standard InChI is InChI=1S/C15H18O2/c1-4-5-6-7-8-9-10-11-12-17-15(16)13-14(2)3/h4-5,10-11,14H,12-13H2,1-3H3/b5-4-,11-10+. The molecule has 0 radical (unpaired) electrons. The lowest BCUT2D eigenvalue weighted by Gasteiger charge is -2.03. The second kappa shape index (κ2) is 10.6. The summed E-state index contributed by atoms with van der Waals surface area (Å²) in [4.78, 5) is 11.1. The fourth-order valence-electron chi connectivity index (χ4n) is 0.879. The van der Waals surface area contributed by atoms with Crippen LogP contribution in [-0.4, -0.2) is 12.6 Å². The molecule has 2 nitrogen and oxygen atoms in total. The first kappa shape index (κ1) is 15.1. The van der Waals surface area contributed by atoms with Crippen LogP contribution in [0.5, 0.6) is 0 Å². The van der Waals surface area contributed by atoms with Crippen molar-refractivity contribution in [2.24, 2.45) is 5.92 Å². The van der Waals surface area contributed by atoms with Crippen LogP contribution in [-0.2, 0) is 9.53 Å². The average molecular weight is 230 g/mol. The van der Waals surface area contributed by atoms with Gasteiger partial charge < -0.3 is 4.74 Å². The van der Waals surface area contributed by atoms with E-state index < -0.39 is 0 Å². The molecular formula is C15H18O2. The Kier molecular flexibility index (Phi) is 9.38. The third-order valence-electron chi connectivity index (χ3n) is 1.57. The summed E-state index contributed by atoms with van der Waals surface area (Å²) in [7, 11) is 0. The van der Waals surface area contributed by atoms with Gasteiger partial charge in [0.1, 0.15) is 6.61 Å². The molecule has 17 heavy (non-hydrogen) atoms. The van der Waals surface area contributed by atoms with E-state index in [0.717, 1.165) is 0 Å². The van der Waals surface area contributed by atoms with Gasteiger partial charge in [0.15, 0.2) is 0 Å². The maximum absolute atomic E-state index is 11.1. The Labute approximate surface area is 104 Å². The molecule has 0 aromatic carbocycles. The Hall–Kier alpha value is -1.93. The van der Waals surface area contributed by atoms with Crippen LogP contribution in [0.15, 0.2) is 24.3 Å². The maximum atomic E-state index is 11.1. The molecule has 0 aliphatic rings. The molecule has 0 atom stereocenters. The zero-order valence-electron chi connectivity index (χ0n) is 10.6. The lowest BCUT2D eigenvalue weighted by Crippen LogP contribution is -2.07. The monoisotopic (exact) mass is 230 g/mol. The van der Waals surface area contributed by atoms with Gasteiger partial charge in [0.25, 0.3) is 0 Å². The van der Waals surface area contributed by atoms with E-state index in [1.54, 1.807) is 18.2 Å². The molecule has 0 aromatic heterocycles. The van der Waals surface area contributed by atoms with E-state index in [2.05, 4.69) is 23.7 Å². The summed E-state index contributed by atoms with van der Waals surface area (Å²) < 4.78 is 4.96. The number of hydrogen-bond donors (Lipinski definition) is 0. The molecule has 0 amide bonds. The Balaban J connectivity index is 3.76. The lowest BCUT2D eigenvalue weighted by molar-refractivity contribution is -0.143. The van der Waals surface area contributed by atoms with Crippen LogP contribution in [0, 0.1) is 29.6 Å². The van der Waals surface area contributed by atoms with Crippen molar-refractivity contribution >= 4 is 5.97 Å². The molecule has 0 aromatic rings. The highest BCUT2D eigenvalue weighted by atomic mass is 16.5. The molecule has 90 valence electrons. The molecular weight excluding hydrogens is 212 g/mol. The second-order valence-corrected chi connectivity index (χ2v) is 3.72. The van der Waals surface area contributed by atoms with Gasteiger partial charge in [-0.2, -0.15) is 0 Å².